The van der Waals surface area contributed by atoms with Gasteiger partial charge >= 0.3 is 0 Å². The van der Waals surface area contributed by atoms with Crippen molar-refractivity contribution in [1.29, 1.82) is 0 Å². The van der Waals surface area contributed by atoms with E-state index >= 15 is 0 Å². The van der Waals surface area contributed by atoms with Crippen molar-refractivity contribution in [1.82, 2.24) is 5.32 Å². The Kier molecular flexibility index (Phi) is 3.39. The van der Waals surface area contributed by atoms with E-state index in [4.69, 9.17) is 11.6 Å². The van der Waals surface area contributed by atoms with Crippen LogP contribution in [0, 0.1) is 5.41 Å². The van der Waals surface area contributed by atoms with Gasteiger partial charge in [0.1, 0.15) is 0 Å². The molecule has 2 rings (SSSR count). The van der Waals surface area contributed by atoms with Crippen LogP contribution in [0.3, 0.4) is 0 Å². The van der Waals surface area contributed by atoms with Crippen LogP contribution in [0.25, 0.3) is 0 Å². The first kappa shape index (κ1) is 11.4. The minimum Gasteiger partial charge on any atom is -0.312 e. The molecule has 1 aliphatic carbocycles. The fraction of sp³-hybridized carbons (Fsp3) is 0.500. The Balaban J connectivity index is 1.87. The van der Waals surface area contributed by atoms with Crippen LogP contribution in [0.15, 0.2) is 22.7 Å². The summed E-state index contributed by atoms with van der Waals surface area (Å²) in [5, 5.41) is 4.30. The fourth-order valence-corrected chi connectivity index (χ4v) is 2.29. The summed E-state index contributed by atoms with van der Waals surface area (Å²) < 4.78 is 1.03. The van der Waals surface area contributed by atoms with E-state index in [-0.39, 0.29) is 0 Å². The summed E-state index contributed by atoms with van der Waals surface area (Å²) in [4.78, 5) is 0. The number of rotatable bonds is 4. The second-order valence-electron chi connectivity index (χ2n) is 4.65. The van der Waals surface area contributed by atoms with Crippen molar-refractivity contribution in [3.05, 3.63) is 33.3 Å². The molecule has 1 fully saturated rings. The van der Waals surface area contributed by atoms with Gasteiger partial charge < -0.3 is 5.32 Å². The molecular formula is C12H15BrClN. The van der Waals surface area contributed by atoms with Gasteiger partial charge in [-0.05, 0) is 36.0 Å². The van der Waals surface area contributed by atoms with E-state index in [2.05, 4.69) is 34.2 Å². The summed E-state index contributed by atoms with van der Waals surface area (Å²) in [6.07, 6.45) is 2.71. The Morgan fingerprint density at radius 3 is 2.80 bits per heavy atom. The van der Waals surface area contributed by atoms with E-state index in [0.717, 1.165) is 22.6 Å². The molecule has 0 heterocycles. The van der Waals surface area contributed by atoms with Crippen LogP contribution in [0.4, 0.5) is 0 Å². The highest BCUT2D eigenvalue weighted by Gasteiger charge is 2.36. The molecule has 0 amide bonds. The molecule has 1 saturated carbocycles. The lowest BCUT2D eigenvalue weighted by Crippen LogP contribution is -2.21. The van der Waals surface area contributed by atoms with E-state index < -0.39 is 0 Å². The van der Waals surface area contributed by atoms with Gasteiger partial charge in [0.05, 0.1) is 0 Å². The van der Waals surface area contributed by atoms with Crippen molar-refractivity contribution >= 4 is 27.5 Å². The summed E-state index contributed by atoms with van der Waals surface area (Å²) in [5.74, 6) is 0. The first-order valence-corrected chi connectivity index (χ1v) is 6.41. The molecule has 82 valence electrons. The summed E-state index contributed by atoms with van der Waals surface area (Å²) in [5.41, 5.74) is 1.73. The number of hydrogen-bond donors (Lipinski definition) is 1. The van der Waals surface area contributed by atoms with Gasteiger partial charge in [0.2, 0.25) is 0 Å². The summed E-state index contributed by atoms with van der Waals surface area (Å²) in [6.45, 7) is 4.28. The average molecular weight is 289 g/mol. The van der Waals surface area contributed by atoms with Gasteiger partial charge in [-0.25, -0.2) is 0 Å². The molecule has 0 saturated heterocycles. The third-order valence-corrected chi connectivity index (χ3v) is 3.83. The van der Waals surface area contributed by atoms with Crippen molar-refractivity contribution in [2.45, 2.75) is 26.3 Å². The monoisotopic (exact) mass is 287 g/mol. The number of benzene rings is 1. The molecule has 1 nitrogen and oxygen atoms in total. The summed E-state index contributed by atoms with van der Waals surface area (Å²) >= 11 is 9.53. The van der Waals surface area contributed by atoms with Crippen LogP contribution in [-0.2, 0) is 6.54 Å². The Morgan fingerprint density at radius 2 is 2.20 bits per heavy atom. The molecule has 1 aromatic carbocycles. The standard InChI is InChI=1S/C12H15BrClN/c1-12(4-5-12)8-15-7-9-2-3-10(13)6-11(9)14/h2-3,6,15H,4-5,7-8H2,1H3. The first-order valence-electron chi connectivity index (χ1n) is 5.24. The molecular weight excluding hydrogens is 273 g/mol. The number of hydrogen-bond acceptors (Lipinski definition) is 1. The third-order valence-electron chi connectivity index (χ3n) is 2.99. The molecule has 0 unspecified atom stereocenters. The minimum atomic E-state index is 0.557. The number of halogens is 2. The molecule has 0 atom stereocenters. The highest BCUT2D eigenvalue weighted by molar-refractivity contribution is 9.10. The highest BCUT2D eigenvalue weighted by Crippen LogP contribution is 2.44. The van der Waals surface area contributed by atoms with Crippen LogP contribution >= 0.6 is 27.5 Å². The Hall–Kier alpha value is -0.0500. The van der Waals surface area contributed by atoms with Crippen LogP contribution in [-0.4, -0.2) is 6.54 Å². The summed E-state index contributed by atoms with van der Waals surface area (Å²) in [6, 6.07) is 6.04. The minimum absolute atomic E-state index is 0.557. The molecule has 0 aromatic heterocycles. The largest absolute Gasteiger partial charge is 0.312 e. The second-order valence-corrected chi connectivity index (χ2v) is 5.97. The molecule has 0 spiro atoms. The van der Waals surface area contributed by atoms with Crippen molar-refractivity contribution in [3.8, 4) is 0 Å². The highest BCUT2D eigenvalue weighted by atomic mass is 79.9. The van der Waals surface area contributed by atoms with E-state index in [1.807, 2.05) is 12.1 Å². The van der Waals surface area contributed by atoms with Crippen molar-refractivity contribution in [2.24, 2.45) is 5.41 Å². The van der Waals surface area contributed by atoms with Crippen LogP contribution < -0.4 is 5.32 Å². The normalized spacial score (nSPS) is 17.8. The zero-order valence-electron chi connectivity index (χ0n) is 8.82. The Morgan fingerprint density at radius 1 is 1.47 bits per heavy atom. The van der Waals surface area contributed by atoms with E-state index in [0.29, 0.717) is 5.41 Å². The quantitative estimate of drug-likeness (QED) is 0.883. The van der Waals surface area contributed by atoms with Gasteiger partial charge in [-0.3, -0.25) is 0 Å². The zero-order chi connectivity index (χ0) is 10.9. The Bertz CT molecular complexity index is 361. The van der Waals surface area contributed by atoms with Crippen LogP contribution in [0.2, 0.25) is 5.02 Å². The molecule has 0 bridgehead atoms. The van der Waals surface area contributed by atoms with E-state index in [1.54, 1.807) is 0 Å². The first-order chi connectivity index (χ1) is 7.09. The maximum absolute atomic E-state index is 6.13. The topological polar surface area (TPSA) is 12.0 Å². The maximum atomic E-state index is 6.13. The average Bonchev–Trinajstić information content (AvgIpc) is 2.88. The fourth-order valence-electron chi connectivity index (χ4n) is 1.55. The van der Waals surface area contributed by atoms with Crippen LogP contribution in [0.1, 0.15) is 25.3 Å². The maximum Gasteiger partial charge on any atom is 0.0462 e. The molecule has 3 heteroatoms. The smallest absolute Gasteiger partial charge is 0.0462 e. The van der Waals surface area contributed by atoms with Gasteiger partial charge in [-0.15, -0.1) is 0 Å². The molecule has 15 heavy (non-hydrogen) atoms. The predicted octanol–water partition coefficient (Wildman–Crippen LogP) is 3.99. The molecule has 1 aromatic rings. The lowest BCUT2D eigenvalue weighted by atomic mass is 10.1. The molecule has 1 aliphatic rings. The van der Waals surface area contributed by atoms with Gasteiger partial charge in [-0.1, -0.05) is 40.5 Å². The van der Waals surface area contributed by atoms with Gasteiger partial charge in [0, 0.05) is 22.6 Å². The SMILES string of the molecule is CC1(CNCc2ccc(Br)cc2Cl)CC1. The zero-order valence-corrected chi connectivity index (χ0v) is 11.2. The molecule has 1 N–H and O–H groups in total. The second kappa shape index (κ2) is 4.44. The predicted molar refractivity (Wildman–Crippen MR) is 68.2 cm³/mol. The molecule has 0 radical (unpaired) electrons. The summed E-state index contributed by atoms with van der Waals surface area (Å²) in [7, 11) is 0. The van der Waals surface area contributed by atoms with E-state index in [1.165, 1.54) is 18.4 Å². The van der Waals surface area contributed by atoms with Crippen molar-refractivity contribution < 1.29 is 0 Å². The van der Waals surface area contributed by atoms with Gasteiger partial charge in [-0.2, -0.15) is 0 Å². The molecule has 0 aliphatic heterocycles. The van der Waals surface area contributed by atoms with Gasteiger partial charge in [0.15, 0.2) is 0 Å². The lowest BCUT2D eigenvalue weighted by molar-refractivity contribution is 0.499. The lowest BCUT2D eigenvalue weighted by Gasteiger charge is -2.11. The van der Waals surface area contributed by atoms with Crippen molar-refractivity contribution in [3.63, 3.8) is 0 Å². The third kappa shape index (κ3) is 3.20. The van der Waals surface area contributed by atoms with Gasteiger partial charge in [0.25, 0.3) is 0 Å². The van der Waals surface area contributed by atoms with E-state index in [9.17, 15) is 0 Å². The Labute approximate surface area is 104 Å². The van der Waals surface area contributed by atoms with Crippen molar-refractivity contribution in [2.75, 3.05) is 6.54 Å². The van der Waals surface area contributed by atoms with Crippen LogP contribution in [0.5, 0.6) is 0 Å². The number of nitrogens with one attached hydrogen (secondary N) is 1.